The summed E-state index contributed by atoms with van der Waals surface area (Å²) >= 11 is 0. The van der Waals surface area contributed by atoms with Crippen LogP contribution < -0.4 is 0 Å². The fourth-order valence-corrected chi connectivity index (χ4v) is 14.2. The van der Waals surface area contributed by atoms with Crippen LogP contribution in [0.5, 0.6) is 0 Å². The smallest absolute Gasteiger partial charge is 0.306 e. The summed E-state index contributed by atoms with van der Waals surface area (Å²) in [5.41, 5.74) is 2.45. The van der Waals surface area contributed by atoms with E-state index in [1.807, 2.05) is 44.2 Å². The van der Waals surface area contributed by atoms with Crippen LogP contribution in [-0.2, 0) is 35.2 Å². The normalized spacial score (nSPS) is 38.7. The summed E-state index contributed by atoms with van der Waals surface area (Å²) in [4.78, 5) is 38.7. The lowest BCUT2D eigenvalue weighted by Crippen LogP contribution is -2.66. The Morgan fingerprint density at radius 3 is 2.17 bits per heavy atom. The maximum absolute atomic E-state index is 13.6. The second-order valence-corrected chi connectivity index (χ2v) is 20.6. The third-order valence-corrected chi connectivity index (χ3v) is 17.0. The molecule has 0 aliphatic heterocycles. The molecule has 0 aromatic heterocycles. The van der Waals surface area contributed by atoms with Gasteiger partial charge in [0, 0.05) is 11.8 Å². The van der Waals surface area contributed by atoms with E-state index in [-0.39, 0.29) is 70.5 Å². The summed E-state index contributed by atoms with van der Waals surface area (Å²) in [6.07, 6.45) is 13.4. The van der Waals surface area contributed by atoms with Crippen LogP contribution in [0.3, 0.4) is 0 Å². The third-order valence-electron chi connectivity index (χ3n) is 17.0. The molecular formula is C47H70O6. The number of esters is 3. The predicted octanol–water partition coefficient (Wildman–Crippen LogP) is 11.1. The number of hydrogen-bond acceptors (Lipinski definition) is 6. The first-order chi connectivity index (χ1) is 24.8. The molecule has 53 heavy (non-hydrogen) atoms. The molecule has 6 nitrogen and oxygen atoms in total. The van der Waals surface area contributed by atoms with E-state index in [1.54, 1.807) is 0 Å². The summed E-state index contributed by atoms with van der Waals surface area (Å²) < 4.78 is 17.1. The maximum Gasteiger partial charge on any atom is 0.306 e. The largest absolute Gasteiger partial charge is 0.469 e. The number of carbonyl (C=O) groups excluding carboxylic acids is 3. The van der Waals surface area contributed by atoms with Crippen LogP contribution in [0.2, 0.25) is 0 Å². The van der Waals surface area contributed by atoms with Crippen LogP contribution in [0.1, 0.15) is 151 Å². The molecule has 294 valence electrons. The van der Waals surface area contributed by atoms with Crippen LogP contribution in [0, 0.1) is 62.1 Å². The van der Waals surface area contributed by atoms with Crippen molar-refractivity contribution >= 4 is 17.9 Å². The van der Waals surface area contributed by atoms with Crippen molar-refractivity contribution in [1.29, 1.82) is 0 Å². The summed E-state index contributed by atoms with van der Waals surface area (Å²) in [6, 6.07) is 9.69. The van der Waals surface area contributed by atoms with Gasteiger partial charge in [-0.1, -0.05) is 91.0 Å². The first kappa shape index (κ1) is 40.0. The van der Waals surface area contributed by atoms with Gasteiger partial charge in [0.15, 0.2) is 0 Å². The van der Waals surface area contributed by atoms with Gasteiger partial charge >= 0.3 is 17.9 Å². The van der Waals surface area contributed by atoms with Crippen molar-refractivity contribution < 1.29 is 28.6 Å². The molecule has 6 rings (SSSR count). The van der Waals surface area contributed by atoms with Gasteiger partial charge < -0.3 is 14.2 Å². The van der Waals surface area contributed by atoms with Crippen molar-refractivity contribution in [2.45, 2.75) is 158 Å². The van der Waals surface area contributed by atoms with E-state index in [2.05, 4.69) is 48.1 Å². The van der Waals surface area contributed by atoms with E-state index in [0.717, 1.165) is 31.2 Å². The number of fused-ring (bicyclic) bond motifs is 7. The van der Waals surface area contributed by atoms with Crippen LogP contribution >= 0.6 is 0 Å². The summed E-state index contributed by atoms with van der Waals surface area (Å²) in [7, 11) is 1.52. The molecule has 0 bridgehead atoms. The standard InChI is InChI=1S/C47H70O6/c1-31(2)33-18-24-47(25-21-38(48)51-10)27-26-45(8)34(41(33)47)16-17-36-44(7)22-20-37(43(5,6)35(44)19-23-46(36,45)9)53-40(50)29-42(3,4)28-39(49)52-30-32-14-12-11-13-15-32/h11-15,33-37,41H,1,16-30H2,2-10H3/t33-,34?,35?,36?,37-,41?,44-,45+,46+,47-/m0/s1. The van der Waals surface area contributed by atoms with Gasteiger partial charge in [-0.2, -0.15) is 0 Å². The Bertz CT molecular complexity index is 1540. The minimum absolute atomic E-state index is 0.0704. The number of methoxy groups -OCH3 is 1. The second kappa shape index (κ2) is 14.5. The zero-order chi connectivity index (χ0) is 38.6. The number of hydrogen-bond donors (Lipinski definition) is 0. The maximum atomic E-state index is 13.6. The van der Waals surface area contributed by atoms with Crippen LogP contribution in [0.15, 0.2) is 42.5 Å². The number of ether oxygens (including phenoxy) is 3. The summed E-state index contributed by atoms with van der Waals surface area (Å²) in [5, 5.41) is 0. The molecule has 0 heterocycles. The Balaban J connectivity index is 1.14. The molecule has 4 unspecified atom stereocenters. The minimum Gasteiger partial charge on any atom is -0.469 e. The van der Waals surface area contributed by atoms with Crippen molar-refractivity contribution in [3.8, 4) is 0 Å². The molecule has 5 fully saturated rings. The van der Waals surface area contributed by atoms with Gasteiger partial charge in [-0.05, 0) is 140 Å². The molecular weight excluding hydrogens is 661 g/mol. The van der Waals surface area contributed by atoms with Gasteiger partial charge in [-0.3, -0.25) is 14.4 Å². The number of allylic oxidation sites excluding steroid dienone is 1. The summed E-state index contributed by atoms with van der Waals surface area (Å²) in [6.45, 7) is 23.6. The molecule has 1 aromatic carbocycles. The monoisotopic (exact) mass is 731 g/mol. The highest BCUT2D eigenvalue weighted by molar-refractivity contribution is 5.74. The van der Waals surface area contributed by atoms with Crippen LogP contribution in [0.25, 0.3) is 0 Å². The fourth-order valence-electron chi connectivity index (χ4n) is 14.2. The fraction of sp³-hybridized carbons (Fsp3) is 0.766. The summed E-state index contributed by atoms with van der Waals surface area (Å²) in [5.74, 6) is 2.30. The Morgan fingerprint density at radius 2 is 1.49 bits per heavy atom. The molecule has 0 saturated heterocycles. The minimum atomic E-state index is -0.557. The molecule has 1 aromatic rings. The second-order valence-electron chi connectivity index (χ2n) is 20.6. The van der Waals surface area contributed by atoms with Gasteiger partial charge in [0.1, 0.15) is 12.7 Å². The van der Waals surface area contributed by atoms with Gasteiger partial charge in [-0.25, -0.2) is 0 Å². The average Bonchev–Trinajstić information content (AvgIpc) is 3.48. The average molecular weight is 731 g/mol. The zero-order valence-corrected chi connectivity index (χ0v) is 34.6. The molecule has 5 saturated carbocycles. The molecule has 0 N–H and O–H groups in total. The van der Waals surface area contributed by atoms with Gasteiger partial charge in [0.05, 0.1) is 20.0 Å². The first-order valence-corrected chi connectivity index (χ1v) is 20.9. The van der Waals surface area contributed by atoms with E-state index in [4.69, 9.17) is 14.2 Å². The third kappa shape index (κ3) is 7.05. The predicted molar refractivity (Wildman–Crippen MR) is 209 cm³/mol. The van der Waals surface area contributed by atoms with Crippen molar-refractivity contribution in [1.82, 2.24) is 0 Å². The van der Waals surface area contributed by atoms with E-state index in [9.17, 15) is 14.4 Å². The molecule has 0 spiro atoms. The highest BCUT2D eigenvalue weighted by Crippen LogP contribution is 2.78. The van der Waals surface area contributed by atoms with Crippen molar-refractivity contribution in [2.24, 2.45) is 62.1 Å². The van der Waals surface area contributed by atoms with Crippen LogP contribution in [-0.4, -0.2) is 31.1 Å². The molecule has 0 amide bonds. The van der Waals surface area contributed by atoms with E-state index in [0.29, 0.717) is 36.0 Å². The quantitative estimate of drug-likeness (QED) is 0.128. The van der Waals surface area contributed by atoms with Crippen molar-refractivity contribution in [3.63, 3.8) is 0 Å². The lowest BCUT2D eigenvalue weighted by molar-refractivity contribution is -0.250. The Labute approximate surface area is 321 Å². The molecule has 10 atom stereocenters. The van der Waals surface area contributed by atoms with Gasteiger partial charge in [-0.15, -0.1) is 0 Å². The highest BCUT2D eigenvalue weighted by Gasteiger charge is 2.71. The SMILES string of the molecule is C=C(C)[C@@H]1CC[C@]2(CCC(=O)OC)CC[C@]3(C)C(CCC4[C@@]5(C)CC[C@H](OC(=O)CC(C)(C)CC(=O)OCc6ccccc6)C(C)(C)C5CC[C@]43C)C12. The zero-order valence-electron chi connectivity index (χ0n) is 34.6. The van der Waals surface area contributed by atoms with E-state index in [1.165, 1.54) is 57.6 Å². The van der Waals surface area contributed by atoms with E-state index < -0.39 is 5.41 Å². The Morgan fingerprint density at radius 1 is 0.792 bits per heavy atom. The number of benzene rings is 1. The molecule has 0 radical (unpaired) electrons. The first-order valence-electron chi connectivity index (χ1n) is 20.9. The van der Waals surface area contributed by atoms with Gasteiger partial charge in [0.2, 0.25) is 0 Å². The van der Waals surface area contributed by atoms with Gasteiger partial charge in [0.25, 0.3) is 0 Å². The number of carbonyl (C=O) groups is 3. The highest BCUT2D eigenvalue weighted by atomic mass is 16.5. The molecule has 6 heteroatoms. The number of rotatable bonds is 11. The van der Waals surface area contributed by atoms with Crippen LogP contribution in [0.4, 0.5) is 0 Å². The Hall–Kier alpha value is -2.63. The van der Waals surface area contributed by atoms with Crippen molar-refractivity contribution in [3.05, 3.63) is 48.0 Å². The van der Waals surface area contributed by atoms with E-state index >= 15 is 0 Å². The molecule has 5 aliphatic rings. The molecule has 5 aliphatic carbocycles. The van der Waals surface area contributed by atoms with Crippen molar-refractivity contribution in [2.75, 3.05) is 7.11 Å². The topological polar surface area (TPSA) is 78.9 Å². The Kier molecular flexibility index (Phi) is 10.9. The lowest BCUT2D eigenvalue weighted by Gasteiger charge is -2.73. The lowest BCUT2D eigenvalue weighted by atomic mass is 9.32.